The molecule has 0 saturated carbocycles. The lowest BCUT2D eigenvalue weighted by atomic mass is 10.1. The lowest BCUT2D eigenvalue weighted by Crippen LogP contribution is -2.28. The highest BCUT2D eigenvalue weighted by Crippen LogP contribution is 2.13. The summed E-state index contributed by atoms with van der Waals surface area (Å²) in [4.78, 5) is 4.04. The second-order valence-corrected chi connectivity index (χ2v) is 4.36. The lowest BCUT2D eigenvalue weighted by molar-refractivity contribution is -0.0208. The molecule has 1 aromatic heterocycles. The maximum atomic E-state index is 9.83. The van der Waals surface area contributed by atoms with Gasteiger partial charge < -0.3 is 9.84 Å². The molecule has 2 unspecified atom stereocenters. The van der Waals surface area contributed by atoms with Crippen LogP contribution in [0.1, 0.15) is 19.4 Å². The molecule has 0 amide bonds. The first kappa shape index (κ1) is 12.6. The molecule has 4 heteroatoms. The molecule has 0 saturated heterocycles. The second-order valence-electron chi connectivity index (χ2n) is 3.44. The summed E-state index contributed by atoms with van der Waals surface area (Å²) >= 11 is 3.34. The molecule has 0 bridgehead atoms. The molecular weight excluding hydrogens is 258 g/mol. The number of aliphatic hydroxyl groups excluding tert-OH is 1. The summed E-state index contributed by atoms with van der Waals surface area (Å²) in [6.07, 6.45) is 3.41. The van der Waals surface area contributed by atoms with Crippen molar-refractivity contribution in [2.45, 2.75) is 32.5 Å². The fourth-order valence-corrected chi connectivity index (χ4v) is 1.76. The monoisotopic (exact) mass is 273 g/mol. The number of aliphatic hydroxyl groups is 1. The van der Waals surface area contributed by atoms with Crippen LogP contribution in [0.3, 0.4) is 0 Å². The summed E-state index contributed by atoms with van der Waals surface area (Å²) in [6.45, 7) is 4.42. The maximum Gasteiger partial charge on any atom is 0.0839 e. The van der Waals surface area contributed by atoms with Gasteiger partial charge in [0.25, 0.3) is 0 Å². The van der Waals surface area contributed by atoms with Gasteiger partial charge in [0, 0.05) is 29.9 Å². The van der Waals surface area contributed by atoms with Crippen molar-refractivity contribution in [2.75, 3.05) is 6.61 Å². The van der Waals surface area contributed by atoms with Crippen LogP contribution >= 0.6 is 15.9 Å². The topological polar surface area (TPSA) is 42.4 Å². The van der Waals surface area contributed by atoms with Gasteiger partial charge in [-0.3, -0.25) is 4.98 Å². The Balaban J connectivity index is 2.54. The Hall–Kier alpha value is -0.450. The Bertz CT molecular complexity index is 306. The Labute approximate surface area is 98.6 Å². The van der Waals surface area contributed by atoms with Crippen LogP contribution in [0, 0.1) is 0 Å². The van der Waals surface area contributed by atoms with Crippen LogP contribution in [-0.4, -0.2) is 28.9 Å². The first-order valence-corrected chi connectivity index (χ1v) is 5.82. The first-order valence-electron chi connectivity index (χ1n) is 5.02. The number of aromatic nitrogens is 1. The van der Waals surface area contributed by atoms with E-state index in [2.05, 4.69) is 20.9 Å². The van der Waals surface area contributed by atoms with Gasteiger partial charge in [-0.1, -0.05) is 0 Å². The zero-order chi connectivity index (χ0) is 11.3. The number of hydrogen-bond donors (Lipinski definition) is 1. The molecule has 3 nitrogen and oxygen atoms in total. The van der Waals surface area contributed by atoms with Crippen molar-refractivity contribution < 1.29 is 9.84 Å². The number of hydrogen-bond acceptors (Lipinski definition) is 3. The first-order chi connectivity index (χ1) is 7.13. The molecule has 0 aliphatic heterocycles. The molecule has 1 heterocycles. The van der Waals surface area contributed by atoms with E-state index in [0.717, 1.165) is 10.0 Å². The molecule has 15 heavy (non-hydrogen) atoms. The molecule has 1 rings (SSSR count). The van der Waals surface area contributed by atoms with Gasteiger partial charge in [0.1, 0.15) is 0 Å². The molecule has 1 aromatic rings. The molecule has 0 fully saturated rings. The molecule has 1 N–H and O–H groups in total. The quantitative estimate of drug-likeness (QED) is 0.894. The molecule has 0 spiro atoms. The van der Waals surface area contributed by atoms with Crippen molar-refractivity contribution in [2.24, 2.45) is 0 Å². The van der Waals surface area contributed by atoms with E-state index in [-0.39, 0.29) is 6.10 Å². The largest absolute Gasteiger partial charge is 0.390 e. The normalized spacial score (nSPS) is 14.9. The number of rotatable bonds is 5. The number of halogens is 1. The summed E-state index contributed by atoms with van der Waals surface area (Å²) < 4.78 is 6.25. The number of ether oxygens (including phenoxy) is 1. The fraction of sp³-hybridized carbons (Fsp3) is 0.545. The highest BCUT2D eigenvalue weighted by atomic mass is 79.9. The summed E-state index contributed by atoms with van der Waals surface area (Å²) in [5, 5.41) is 9.83. The minimum Gasteiger partial charge on any atom is -0.390 e. The molecule has 0 aliphatic carbocycles. The van der Waals surface area contributed by atoms with Crippen LogP contribution in [0.15, 0.2) is 22.9 Å². The summed E-state index contributed by atoms with van der Waals surface area (Å²) in [7, 11) is 0. The predicted molar refractivity (Wildman–Crippen MR) is 62.7 cm³/mol. The molecular formula is C11H16BrNO2. The standard InChI is InChI=1S/C11H16BrNO2/c1-3-15-8(2)11(14)5-9-4-10(12)7-13-6-9/h4,6-8,11,14H,3,5H2,1-2H3. The van der Waals surface area contributed by atoms with Crippen molar-refractivity contribution in [3.8, 4) is 0 Å². The van der Waals surface area contributed by atoms with Gasteiger partial charge in [-0.05, 0) is 41.4 Å². The number of nitrogens with zero attached hydrogens (tertiary/aromatic N) is 1. The van der Waals surface area contributed by atoms with Crippen LogP contribution in [-0.2, 0) is 11.2 Å². The summed E-state index contributed by atoms with van der Waals surface area (Å²) in [5.41, 5.74) is 1.00. The molecule has 2 atom stereocenters. The summed E-state index contributed by atoms with van der Waals surface area (Å²) in [5.74, 6) is 0. The molecule has 84 valence electrons. The molecule has 0 aliphatic rings. The van der Waals surface area contributed by atoms with Gasteiger partial charge in [-0.25, -0.2) is 0 Å². The predicted octanol–water partition coefficient (Wildman–Crippen LogP) is 2.17. The molecule has 0 aromatic carbocycles. The smallest absolute Gasteiger partial charge is 0.0839 e. The summed E-state index contributed by atoms with van der Waals surface area (Å²) in [6, 6.07) is 1.95. The van der Waals surface area contributed by atoms with Crippen LogP contribution in [0.4, 0.5) is 0 Å². The average Bonchev–Trinajstić information content (AvgIpc) is 2.18. The van der Waals surface area contributed by atoms with Crippen LogP contribution in [0.2, 0.25) is 0 Å². The van der Waals surface area contributed by atoms with E-state index in [1.54, 1.807) is 12.4 Å². The van der Waals surface area contributed by atoms with Crippen LogP contribution < -0.4 is 0 Å². The van der Waals surface area contributed by atoms with Crippen LogP contribution in [0.25, 0.3) is 0 Å². The Kier molecular flexibility index (Phi) is 5.22. The number of pyridine rings is 1. The van der Waals surface area contributed by atoms with Crippen molar-refractivity contribution in [3.63, 3.8) is 0 Å². The van der Waals surface area contributed by atoms with E-state index >= 15 is 0 Å². The van der Waals surface area contributed by atoms with E-state index < -0.39 is 6.10 Å². The third kappa shape index (κ3) is 4.28. The van der Waals surface area contributed by atoms with Gasteiger partial charge in [0.15, 0.2) is 0 Å². The molecule has 0 radical (unpaired) electrons. The lowest BCUT2D eigenvalue weighted by Gasteiger charge is -2.18. The van der Waals surface area contributed by atoms with Gasteiger partial charge in [0.05, 0.1) is 12.2 Å². The van der Waals surface area contributed by atoms with E-state index in [1.807, 2.05) is 19.9 Å². The highest BCUT2D eigenvalue weighted by Gasteiger charge is 2.14. The van der Waals surface area contributed by atoms with Crippen molar-refractivity contribution in [3.05, 3.63) is 28.5 Å². The Morgan fingerprint density at radius 2 is 2.27 bits per heavy atom. The minimum atomic E-state index is -0.485. The SMILES string of the molecule is CCOC(C)C(O)Cc1cncc(Br)c1. The average molecular weight is 274 g/mol. The van der Waals surface area contributed by atoms with Crippen molar-refractivity contribution in [1.29, 1.82) is 0 Å². The van der Waals surface area contributed by atoms with E-state index in [0.29, 0.717) is 13.0 Å². The van der Waals surface area contributed by atoms with Gasteiger partial charge >= 0.3 is 0 Å². The Morgan fingerprint density at radius 1 is 1.53 bits per heavy atom. The zero-order valence-corrected chi connectivity index (χ0v) is 10.6. The van der Waals surface area contributed by atoms with Crippen LogP contribution in [0.5, 0.6) is 0 Å². The Morgan fingerprint density at radius 3 is 2.87 bits per heavy atom. The third-order valence-electron chi connectivity index (χ3n) is 2.18. The second kappa shape index (κ2) is 6.20. The maximum absolute atomic E-state index is 9.83. The third-order valence-corrected chi connectivity index (χ3v) is 2.61. The van der Waals surface area contributed by atoms with Gasteiger partial charge in [0.2, 0.25) is 0 Å². The zero-order valence-electron chi connectivity index (χ0n) is 8.98. The van der Waals surface area contributed by atoms with Gasteiger partial charge in [-0.2, -0.15) is 0 Å². The van der Waals surface area contributed by atoms with Crippen molar-refractivity contribution >= 4 is 15.9 Å². The van der Waals surface area contributed by atoms with Crippen molar-refractivity contribution in [1.82, 2.24) is 4.98 Å². The fourth-order valence-electron chi connectivity index (χ4n) is 1.35. The van der Waals surface area contributed by atoms with E-state index in [4.69, 9.17) is 4.74 Å². The van der Waals surface area contributed by atoms with Gasteiger partial charge in [-0.15, -0.1) is 0 Å². The highest BCUT2D eigenvalue weighted by molar-refractivity contribution is 9.10. The van der Waals surface area contributed by atoms with E-state index in [9.17, 15) is 5.11 Å². The minimum absolute atomic E-state index is 0.144. The van der Waals surface area contributed by atoms with E-state index in [1.165, 1.54) is 0 Å².